The largest absolute Gasteiger partial charge is 0.361 e. The smallest absolute Gasteiger partial charge is 0.274 e. The van der Waals surface area contributed by atoms with Crippen LogP contribution in [0.25, 0.3) is 11.1 Å². The van der Waals surface area contributed by atoms with Gasteiger partial charge in [0.1, 0.15) is 5.69 Å². The lowest BCUT2D eigenvalue weighted by Gasteiger charge is -2.41. The summed E-state index contributed by atoms with van der Waals surface area (Å²) < 4.78 is 6.06. The molecule has 3 heterocycles. The normalized spacial score (nSPS) is 18.2. The number of amides is 2. The third-order valence-electron chi connectivity index (χ3n) is 5.44. The maximum absolute atomic E-state index is 13.1. The van der Waals surface area contributed by atoms with Gasteiger partial charge in [-0.3, -0.25) is 19.6 Å². The minimum Gasteiger partial charge on any atom is -0.361 e. The Kier molecular flexibility index (Phi) is 6.51. The van der Waals surface area contributed by atoms with E-state index in [4.69, 9.17) is 4.74 Å². The van der Waals surface area contributed by atoms with Crippen LogP contribution in [0.1, 0.15) is 23.0 Å². The lowest BCUT2D eigenvalue weighted by molar-refractivity contribution is -0.157. The van der Waals surface area contributed by atoms with Crippen LogP contribution < -0.4 is 5.32 Å². The Hall–Kier alpha value is -3.65. The van der Waals surface area contributed by atoms with E-state index in [0.717, 1.165) is 16.7 Å². The van der Waals surface area contributed by atoms with Crippen molar-refractivity contribution in [3.63, 3.8) is 0 Å². The van der Waals surface area contributed by atoms with E-state index in [1.54, 1.807) is 11.1 Å². The molecule has 1 aliphatic heterocycles. The van der Waals surface area contributed by atoms with Crippen LogP contribution in [-0.4, -0.2) is 63.5 Å². The molecule has 8 heteroatoms. The summed E-state index contributed by atoms with van der Waals surface area (Å²) in [6, 6.07) is 11.9. The fourth-order valence-electron chi connectivity index (χ4n) is 3.85. The highest BCUT2D eigenvalue weighted by Gasteiger charge is 2.45. The van der Waals surface area contributed by atoms with Crippen LogP contribution in [0.2, 0.25) is 0 Å². The van der Waals surface area contributed by atoms with Crippen LogP contribution in [0.4, 0.5) is 0 Å². The van der Waals surface area contributed by atoms with E-state index in [0.29, 0.717) is 19.5 Å². The number of likely N-dealkylation sites (N-methyl/N-ethyl adjacent to an activating group) is 1. The zero-order chi connectivity index (χ0) is 22.4. The molecule has 4 rings (SSSR count). The molecule has 0 radical (unpaired) electrons. The molecule has 1 saturated heterocycles. The van der Waals surface area contributed by atoms with E-state index in [2.05, 4.69) is 20.3 Å². The summed E-state index contributed by atoms with van der Waals surface area (Å²) >= 11 is 0. The van der Waals surface area contributed by atoms with Crippen molar-refractivity contribution in [2.75, 3.05) is 26.2 Å². The summed E-state index contributed by atoms with van der Waals surface area (Å²) in [5, 5.41) is 2.87. The standard InChI is InChI=1S/C24H25N5O3/c1-2-27-23(31)24(14-18-5-7-19(8-6-18)20-4-3-9-25-15-20)17-29(12-13-32-24)22(30)21-16-26-10-11-28-21/h3-11,15-16H,2,12-14,17H2,1H3,(H,27,31)/t24-/m0/s1. The van der Waals surface area contributed by atoms with Crippen LogP contribution in [0.5, 0.6) is 0 Å². The number of aromatic nitrogens is 3. The molecule has 164 valence electrons. The van der Waals surface area contributed by atoms with Crippen molar-refractivity contribution in [1.29, 1.82) is 0 Å². The van der Waals surface area contributed by atoms with E-state index in [-0.39, 0.29) is 30.7 Å². The van der Waals surface area contributed by atoms with Gasteiger partial charge in [-0.05, 0) is 29.7 Å². The summed E-state index contributed by atoms with van der Waals surface area (Å²) in [5.41, 5.74) is 2.07. The number of morpholine rings is 1. The fourth-order valence-corrected chi connectivity index (χ4v) is 3.85. The average Bonchev–Trinajstić information content (AvgIpc) is 2.85. The van der Waals surface area contributed by atoms with E-state index in [9.17, 15) is 9.59 Å². The van der Waals surface area contributed by atoms with E-state index < -0.39 is 5.60 Å². The number of benzene rings is 1. The first kappa shape index (κ1) is 21.6. The number of nitrogens with zero attached hydrogens (tertiary/aromatic N) is 4. The summed E-state index contributed by atoms with van der Waals surface area (Å²) in [7, 11) is 0. The molecule has 1 atom stereocenters. The van der Waals surface area contributed by atoms with Gasteiger partial charge in [-0.15, -0.1) is 0 Å². The summed E-state index contributed by atoms with van der Waals surface area (Å²) in [6.45, 7) is 3.12. The van der Waals surface area contributed by atoms with Gasteiger partial charge in [-0.2, -0.15) is 0 Å². The van der Waals surface area contributed by atoms with Gasteiger partial charge in [0.25, 0.3) is 11.8 Å². The zero-order valence-electron chi connectivity index (χ0n) is 17.9. The number of ether oxygens (including phenoxy) is 1. The van der Waals surface area contributed by atoms with Crippen LogP contribution >= 0.6 is 0 Å². The van der Waals surface area contributed by atoms with Crippen molar-refractivity contribution >= 4 is 11.8 Å². The van der Waals surface area contributed by atoms with Gasteiger partial charge in [0.05, 0.1) is 19.3 Å². The molecule has 1 fully saturated rings. The molecule has 2 aromatic heterocycles. The second kappa shape index (κ2) is 9.65. The van der Waals surface area contributed by atoms with Gasteiger partial charge >= 0.3 is 0 Å². The molecular weight excluding hydrogens is 406 g/mol. The Balaban J connectivity index is 1.57. The molecule has 0 unspecified atom stereocenters. The molecule has 1 aromatic carbocycles. The molecule has 0 aliphatic carbocycles. The predicted molar refractivity (Wildman–Crippen MR) is 119 cm³/mol. The Bertz CT molecular complexity index is 1060. The first-order chi connectivity index (χ1) is 15.6. The van der Waals surface area contributed by atoms with Gasteiger partial charge in [-0.25, -0.2) is 4.98 Å². The molecule has 3 aromatic rings. The molecule has 8 nitrogen and oxygen atoms in total. The van der Waals surface area contributed by atoms with E-state index in [1.165, 1.54) is 18.6 Å². The Morgan fingerprint density at radius 3 is 2.56 bits per heavy atom. The number of hydrogen-bond donors (Lipinski definition) is 1. The van der Waals surface area contributed by atoms with Gasteiger partial charge in [0, 0.05) is 44.3 Å². The highest BCUT2D eigenvalue weighted by atomic mass is 16.5. The summed E-state index contributed by atoms with van der Waals surface area (Å²) in [5.74, 6) is -0.491. The molecular formula is C24H25N5O3. The lowest BCUT2D eigenvalue weighted by atomic mass is 9.90. The molecule has 0 bridgehead atoms. The number of nitrogens with one attached hydrogen (secondary N) is 1. The SMILES string of the molecule is CCNC(=O)[C@]1(Cc2ccc(-c3cccnc3)cc2)CN(C(=O)c2cnccn2)CCO1. The van der Waals surface area contributed by atoms with Crippen molar-refractivity contribution in [3.05, 3.63) is 78.6 Å². The fraction of sp³-hybridized carbons (Fsp3) is 0.292. The van der Waals surface area contributed by atoms with Gasteiger partial charge in [-0.1, -0.05) is 30.3 Å². The molecule has 0 spiro atoms. The van der Waals surface area contributed by atoms with Crippen molar-refractivity contribution < 1.29 is 14.3 Å². The second-order valence-electron chi connectivity index (χ2n) is 7.63. The number of carbonyl (C=O) groups excluding carboxylic acids is 2. The topological polar surface area (TPSA) is 97.3 Å². The maximum Gasteiger partial charge on any atom is 0.274 e. The first-order valence-corrected chi connectivity index (χ1v) is 10.6. The Morgan fingerprint density at radius 1 is 1.06 bits per heavy atom. The Labute approximate surface area is 186 Å². The highest BCUT2D eigenvalue weighted by Crippen LogP contribution is 2.26. The average molecular weight is 431 g/mol. The van der Waals surface area contributed by atoms with Crippen molar-refractivity contribution in [2.24, 2.45) is 0 Å². The number of rotatable bonds is 6. The number of pyridine rings is 1. The zero-order valence-corrected chi connectivity index (χ0v) is 17.9. The van der Waals surface area contributed by atoms with Crippen LogP contribution in [0.15, 0.2) is 67.4 Å². The maximum atomic E-state index is 13.1. The molecule has 2 amide bonds. The molecule has 1 N–H and O–H groups in total. The van der Waals surface area contributed by atoms with Crippen LogP contribution in [0.3, 0.4) is 0 Å². The Morgan fingerprint density at radius 2 is 1.88 bits per heavy atom. The molecule has 1 aliphatic rings. The highest BCUT2D eigenvalue weighted by molar-refractivity contribution is 5.93. The monoisotopic (exact) mass is 431 g/mol. The van der Waals surface area contributed by atoms with Crippen LogP contribution in [0, 0.1) is 0 Å². The quantitative estimate of drug-likeness (QED) is 0.642. The van der Waals surface area contributed by atoms with E-state index in [1.807, 2.05) is 49.5 Å². The van der Waals surface area contributed by atoms with Gasteiger partial charge < -0.3 is 15.0 Å². The molecule has 32 heavy (non-hydrogen) atoms. The van der Waals surface area contributed by atoms with Gasteiger partial charge in [0.2, 0.25) is 0 Å². The van der Waals surface area contributed by atoms with Crippen molar-refractivity contribution in [2.45, 2.75) is 18.9 Å². The van der Waals surface area contributed by atoms with Crippen LogP contribution in [-0.2, 0) is 16.0 Å². The number of hydrogen-bond acceptors (Lipinski definition) is 6. The third kappa shape index (κ3) is 4.65. The summed E-state index contributed by atoms with van der Waals surface area (Å²) in [6.07, 6.45) is 8.33. The minimum atomic E-state index is -1.18. The van der Waals surface area contributed by atoms with Crippen molar-refractivity contribution in [1.82, 2.24) is 25.2 Å². The summed E-state index contributed by atoms with van der Waals surface area (Å²) in [4.78, 5) is 39.9. The van der Waals surface area contributed by atoms with Crippen molar-refractivity contribution in [3.8, 4) is 11.1 Å². The second-order valence-corrected chi connectivity index (χ2v) is 7.63. The third-order valence-corrected chi connectivity index (χ3v) is 5.44. The predicted octanol–water partition coefficient (Wildman–Crippen LogP) is 2.13. The number of carbonyl (C=O) groups is 2. The van der Waals surface area contributed by atoms with E-state index >= 15 is 0 Å². The minimum absolute atomic E-state index is 0.137. The molecule has 0 saturated carbocycles. The first-order valence-electron chi connectivity index (χ1n) is 10.6. The lowest BCUT2D eigenvalue weighted by Crippen LogP contribution is -2.62. The van der Waals surface area contributed by atoms with Gasteiger partial charge in [0.15, 0.2) is 5.60 Å².